The first-order valence-electron chi connectivity index (χ1n) is 19.0. The number of benzene rings is 9. The monoisotopic (exact) mass is 730 g/mol. The molecule has 0 aliphatic heterocycles. The minimum Gasteiger partial charge on any atom is -0.309 e. The van der Waals surface area contributed by atoms with Gasteiger partial charge in [0.2, 0.25) is 0 Å². The number of nitrogens with zero attached hydrogens (tertiary/aromatic N) is 2. The molecule has 0 saturated carbocycles. The van der Waals surface area contributed by atoms with E-state index in [1.165, 1.54) is 75.0 Å². The smallest absolute Gasteiger partial charge is 0.0786 e. The zero-order chi connectivity index (χ0) is 37.2. The van der Waals surface area contributed by atoms with Crippen molar-refractivity contribution in [3.63, 3.8) is 0 Å². The molecule has 0 saturated heterocycles. The van der Waals surface area contributed by atoms with Gasteiger partial charge in [-0.2, -0.15) is 0 Å². The van der Waals surface area contributed by atoms with Gasteiger partial charge in [-0.25, -0.2) is 0 Å². The summed E-state index contributed by atoms with van der Waals surface area (Å²) in [6.07, 6.45) is 0. The normalized spacial score (nSPS) is 11.6. The quantitative estimate of drug-likeness (QED) is 0.152. The van der Waals surface area contributed by atoms with E-state index in [4.69, 9.17) is 4.99 Å². The van der Waals surface area contributed by atoms with Crippen LogP contribution in [0, 0.1) is 0 Å². The van der Waals surface area contributed by atoms with Crippen molar-refractivity contribution >= 4 is 76.5 Å². The Hall–Kier alpha value is -7.07. The molecule has 0 spiro atoms. The van der Waals surface area contributed by atoms with Crippen molar-refractivity contribution in [1.82, 2.24) is 4.57 Å². The van der Waals surface area contributed by atoms with Crippen LogP contribution in [0.25, 0.3) is 103 Å². The van der Waals surface area contributed by atoms with Crippen molar-refractivity contribution in [3.05, 3.63) is 194 Å². The summed E-state index contributed by atoms with van der Waals surface area (Å²) in [6.45, 7) is 4.11. The van der Waals surface area contributed by atoms with Gasteiger partial charge in [-0.05, 0) is 93.3 Å². The second kappa shape index (κ2) is 13.1. The first-order valence-corrected chi connectivity index (χ1v) is 19.8. The van der Waals surface area contributed by atoms with Crippen LogP contribution in [-0.4, -0.2) is 11.3 Å². The third-order valence-corrected chi connectivity index (χ3v) is 12.4. The first kappa shape index (κ1) is 32.4. The van der Waals surface area contributed by atoms with Crippen molar-refractivity contribution in [2.75, 3.05) is 0 Å². The van der Waals surface area contributed by atoms with Crippen LogP contribution >= 0.6 is 11.3 Å². The highest BCUT2D eigenvalue weighted by Gasteiger charge is 2.20. The summed E-state index contributed by atoms with van der Waals surface area (Å²) in [5.74, 6) is 0. The van der Waals surface area contributed by atoms with Crippen LogP contribution in [0.15, 0.2) is 199 Å². The fourth-order valence-corrected chi connectivity index (χ4v) is 9.83. The molecule has 11 rings (SSSR count). The van der Waals surface area contributed by atoms with E-state index >= 15 is 0 Å². The molecule has 0 amide bonds. The number of hydrogen-bond donors (Lipinski definition) is 0. The van der Waals surface area contributed by atoms with Crippen LogP contribution in [-0.2, 0) is 0 Å². The Kier molecular flexibility index (Phi) is 7.54. The molecule has 2 aromatic heterocycles. The number of hydrogen-bond acceptors (Lipinski definition) is 2. The second-order valence-corrected chi connectivity index (χ2v) is 15.5. The average Bonchev–Trinajstić information content (AvgIpc) is 3.82. The van der Waals surface area contributed by atoms with Crippen LogP contribution < -0.4 is 0 Å². The van der Waals surface area contributed by atoms with Gasteiger partial charge in [0.1, 0.15) is 0 Å². The van der Waals surface area contributed by atoms with E-state index in [0.29, 0.717) is 0 Å². The van der Waals surface area contributed by atoms with Crippen molar-refractivity contribution in [3.8, 4) is 50.2 Å². The number of aliphatic imine (C=N–C) groups is 1. The van der Waals surface area contributed by atoms with Gasteiger partial charge in [0, 0.05) is 47.8 Å². The second-order valence-electron chi connectivity index (χ2n) is 14.4. The van der Waals surface area contributed by atoms with E-state index in [-0.39, 0.29) is 0 Å². The topological polar surface area (TPSA) is 17.3 Å². The summed E-state index contributed by atoms with van der Waals surface area (Å²) in [6, 6.07) is 70.3. The molecule has 0 atom stereocenters. The zero-order valence-electron chi connectivity index (χ0n) is 30.5. The maximum Gasteiger partial charge on any atom is 0.0786 e. The fourth-order valence-electron chi connectivity index (χ4n) is 8.67. The lowest BCUT2D eigenvalue weighted by Gasteiger charge is -2.15. The van der Waals surface area contributed by atoms with Crippen LogP contribution in [0.1, 0.15) is 0 Å². The highest BCUT2D eigenvalue weighted by molar-refractivity contribution is 7.26. The van der Waals surface area contributed by atoms with Crippen molar-refractivity contribution in [2.24, 2.45) is 4.99 Å². The third-order valence-electron chi connectivity index (χ3n) is 11.3. The fraction of sp³-hybridized carbons (Fsp3) is 0. The number of rotatable bonds is 6. The Bertz CT molecular complexity index is 3280. The molecule has 0 bridgehead atoms. The Balaban J connectivity index is 1.08. The molecule has 56 heavy (non-hydrogen) atoms. The van der Waals surface area contributed by atoms with E-state index in [0.717, 1.165) is 33.6 Å². The molecule has 9 aromatic carbocycles. The molecular formula is C53H34N2S. The average molecular weight is 731 g/mol. The molecule has 0 unspecified atom stereocenters. The van der Waals surface area contributed by atoms with Crippen LogP contribution in [0.2, 0.25) is 0 Å². The van der Waals surface area contributed by atoms with Crippen LogP contribution in [0.4, 0.5) is 5.69 Å². The first-order chi connectivity index (χ1) is 27.7. The lowest BCUT2D eigenvalue weighted by atomic mass is 9.91. The van der Waals surface area contributed by atoms with Gasteiger partial charge in [0.05, 0.1) is 16.7 Å². The number of thiophene rings is 1. The molecule has 0 radical (unpaired) electrons. The van der Waals surface area contributed by atoms with E-state index in [1.54, 1.807) is 0 Å². The lowest BCUT2D eigenvalue weighted by Crippen LogP contribution is -1.94. The maximum absolute atomic E-state index is 4.73. The zero-order valence-corrected chi connectivity index (χ0v) is 31.3. The molecule has 2 heterocycles. The van der Waals surface area contributed by atoms with Crippen molar-refractivity contribution in [1.29, 1.82) is 0 Å². The predicted octanol–water partition coefficient (Wildman–Crippen LogP) is 15.3. The lowest BCUT2D eigenvalue weighted by molar-refractivity contribution is 1.18. The van der Waals surface area contributed by atoms with Crippen LogP contribution in [0.5, 0.6) is 0 Å². The van der Waals surface area contributed by atoms with Gasteiger partial charge >= 0.3 is 0 Å². The largest absolute Gasteiger partial charge is 0.309 e. The molecule has 0 aliphatic rings. The summed E-state index contributed by atoms with van der Waals surface area (Å²) in [5, 5.41) is 7.50. The summed E-state index contributed by atoms with van der Waals surface area (Å²) in [5.41, 5.74) is 13.7. The SMILES string of the molecule is C=Nc1c(-c2ccccc2)cc2sc3ccccc3c2c1-c1ccc(-c2ccc3c(c2)c2c4ccccc4ccc2n3-c2ccc(-c3ccccc3)cc2)cc1. The summed E-state index contributed by atoms with van der Waals surface area (Å²) in [7, 11) is 0. The molecule has 11 aromatic rings. The number of aromatic nitrogens is 1. The molecule has 2 nitrogen and oxygen atoms in total. The predicted molar refractivity (Wildman–Crippen MR) is 242 cm³/mol. The van der Waals surface area contributed by atoms with Gasteiger partial charge in [-0.3, -0.25) is 4.99 Å². The van der Waals surface area contributed by atoms with E-state index in [2.05, 4.69) is 205 Å². The van der Waals surface area contributed by atoms with Crippen molar-refractivity contribution in [2.45, 2.75) is 0 Å². The van der Waals surface area contributed by atoms with Gasteiger partial charge in [-0.15, -0.1) is 11.3 Å². The van der Waals surface area contributed by atoms with E-state index in [9.17, 15) is 0 Å². The minimum absolute atomic E-state index is 0.915. The maximum atomic E-state index is 4.73. The third kappa shape index (κ3) is 5.13. The molecule has 0 aliphatic carbocycles. The highest BCUT2D eigenvalue weighted by Crippen LogP contribution is 2.49. The Morgan fingerprint density at radius 1 is 0.411 bits per heavy atom. The van der Waals surface area contributed by atoms with E-state index < -0.39 is 0 Å². The summed E-state index contributed by atoms with van der Waals surface area (Å²) < 4.78 is 4.94. The van der Waals surface area contributed by atoms with Crippen LogP contribution in [0.3, 0.4) is 0 Å². The molecule has 0 N–H and O–H groups in total. The summed E-state index contributed by atoms with van der Waals surface area (Å²) >= 11 is 1.84. The molecule has 262 valence electrons. The molecule has 0 fully saturated rings. The van der Waals surface area contributed by atoms with Gasteiger partial charge in [0.25, 0.3) is 0 Å². The van der Waals surface area contributed by atoms with Gasteiger partial charge in [-0.1, -0.05) is 152 Å². The Labute approximate surface area is 328 Å². The van der Waals surface area contributed by atoms with Gasteiger partial charge < -0.3 is 4.57 Å². The van der Waals surface area contributed by atoms with Gasteiger partial charge in [0.15, 0.2) is 0 Å². The Morgan fingerprint density at radius 2 is 1.00 bits per heavy atom. The Morgan fingerprint density at radius 3 is 1.77 bits per heavy atom. The highest BCUT2D eigenvalue weighted by atomic mass is 32.1. The number of fused-ring (bicyclic) bond motifs is 8. The van der Waals surface area contributed by atoms with E-state index in [1.807, 2.05) is 11.3 Å². The minimum atomic E-state index is 0.915. The summed E-state index contributed by atoms with van der Waals surface area (Å²) in [4.78, 5) is 4.73. The van der Waals surface area contributed by atoms with Crippen molar-refractivity contribution < 1.29 is 0 Å². The molecular weight excluding hydrogens is 697 g/mol. The standard InChI is InChI=1S/C53H34N2S/c1-54-53-44(37-14-6-3-7-15-37)33-49-52(43-18-10-11-19-48(43)56-49)50(53)39-22-20-36(21-23-39)40-27-30-46-45(32-40)51-42-17-9-8-16-38(42)26-31-47(51)55(46)41-28-24-35(25-29-41)34-12-4-2-5-13-34/h2-33H,1H2. The molecule has 3 heteroatoms.